The van der Waals surface area contributed by atoms with E-state index in [0.29, 0.717) is 9.93 Å². The third kappa shape index (κ3) is 4.21. The van der Waals surface area contributed by atoms with Gasteiger partial charge in [0.1, 0.15) is 10.4 Å². The van der Waals surface area contributed by atoms with Crippen LogP contribution in [0.2, 0.25) is 5.02 Å². The van der Waals surface area contributed by atoms with Gasteiger partial charge in [-0.2, -0.15) is 0 Å². The van der Waals surface area contributed by atoms with Crippen LogP contribution in [-0.2, 0) is 24.4 Å². The lowest BCUT2D eigenvalue weighted by atomic mass is 10.2. The molecule has 4 rings (SSSR count). The van der Waals surface area contributed by atoms with Gasteiger partial charge in [-0.3, -0.25) is 19.3 Å². The van der Waals surface area contributed by atoms with Crippen LogP contribution >= 0.6 is 35.6 Å². The maximum atomic E-state index is 13.0. The minimum absolute atomic E-state index is 0.152. The molecule has 32 heavy (non-hydrogen) atoms. The Labute approximate surface area is 198 Å². The van der Waals surface area contributed by atoms with Crippen LogP contribution in [0.15, 0.2) is 58.3 Å². The highest BCUT2D eigenvalue weighted by atomic mass is 35.5. The predicted octanol–water partition coefficient (Wildman–Crippen LogP) is 2.52. The number of nitrogens with zero attached hydrogens (tertiary/aromatic N) is 2. The molecular weight excluding hydrogens is 494 g/mol. The average molecular weight is 508 g/mol. The van der Waals surface area contributed by atoms with Crippen molar-refractivity contribution in [2.24, 2.45) is 5.14 Å². The van der Waals surface area contributed by atoms with E-state index in [1.807, 2.05) is 0 Å². The zero-order valence-electron chi connectivity index (χ0n) is 16.1. The van der Waals surface area contributed by atoms with Gasteiger partial charge in [-0.1, -0.05) is 47.7 Å². The fraction of sp³-hybridized carbons (Fsp3) is 0.100. The van der Waals surface area contributed by atoms with E-state index in [1.165, 1.54) is 24.3 Å². The predicted molar refractivity (Wildman–Crippen MR) is 125 cm³/mol. The third-order valence-corrected chi connectivity index (χ3v) is 7.36. The molecule has 2 aliphatic rings. The molecule has 0 bridgehead atoms. The Balaban J connectivity index is 1.58. The minimum Gasteiger partial charge on any atom is -0.280 e. The largest absolute Gasteiger partial charge is 0.280 e. The first kappa shape index (κ1) is 22.6. The Morgan fingerprint density at radius 1 is 1.06 bits per heavy atom. The zero-order chi connectivity index (χ0) is 23.2. The van der Waals surface area contributed by atoms with Crippen LogP contribution in [0.3, 0.4) is 0 Å². The summed E-state index contributed by atoms with van der Waals surface area (Å²) in [6, 6.07) is 10.8. The van der Waals surface area contributed by atoms with Gasteiger partial charge in [-0.05, 0) is 48.0 Å². The molecule has 1 atom stereocenters. The second-order valence-corrected chi connectivity index (χ2v) is 10.6. The summed E-state index contributed by atoms with van der Waals surface area (Å²) < 4.78 is 23.0. The van der Waals surface area contributed by atoms with E-state index in [0.717, 1.165) is 27.1 Å². The summed E-state index contributed by atoms with van der Waals surface area (Å²) >= 11 is 12.2. The molecule has 8 nitrogen and oxygen atoms in total. The lowest BCUT2D eigenvalue weighted by Gasteiger charge is -2.21. The van der Waals surface area contributed by atoms with Gasteiger partial charge in [0.2, 0.25) is 15.9 Å². The van der Waals surface area contributed by atoms with Crippen molar-refractivity contribution in [2.45, 2.75) is 17.4 Å². The van der Waals surface area contributed by atoms with Crippen molar-refractivity contribution in [2.75, 3.05) is 4.90 Å². The number of thioether (sulfide) groups is 1. The van der Waals surface area contributed by atoms with Gasteiger partial charge in [0, 0.05) is 5.02 Å². The van der Waals surface area contributed by atoms with E-state index in [4.69, 9.17) is 29.0 Å². The number of imide groups is 1. The molecule has 2 heterocycles. The monoisotopic (exact) mass is 507 g/mol. The molecule has 0 aliphatic carbocycles. The number of primary sulfonamides is 1. The molecule has 2 fully saturated rings. The van der Waals surface area contributed by atoms with Gasteiger partial charge in [0.05, 0.1) is 21.9 Å². The highest BCUT2D eigenvalue weighted by molar-refractivity contribution is 8.26. The second kappa shape index (κ2) is 8.41. The van der Waals surface area contributed by atoms with E-state index in [-0.39, 0.29) is 21.3 Å². The first-order valence-corrected chi connectivity index (χ1v) is 12.2. The summed E-state index contributed by atoms with van der Waals surface area (Å²) in [5.74, 6) is -1.62. The van der Waals surface area contributed by atoms with Crippen LogP contribution in [0.4, 0.5) is 5.69 Å². The van der Waals surface area contributed by atoms with Crippen molar-refractivity contribution in [3.05, 3.63) is 64.0 Å². The van der Waals surface area contributed by atoms with E-state index in [2.05, 4.69) is 0 Å². The maximum Gasteiger partial charge on any atom is 0.266 e. The van der Waals surface area contributed by atoms with Crippen LogP contribution in [0.5, 0.6) is 0 Å². The third-order valence-electron chi connectivity index (χ3n) is 4.85. The highest BCUT2D eigenvalue weighted by Crippen LogP contribution is 2.37. The fourth-order valence-corrected chi connectivity index (χ4v) is 5.33. The Morgan fingerprint density at radius 2 is 1.69 bits per heavy atom. The molecule has 0 radical (unpaired) electrons. The SMILES string of the molecule is NS(=O)(=O)c1ccc(N2C(=O)CC(N3C(=O)/C(=C/c4ccc(Cl)cc4)SC3=S)C2=O)cc1. The number of benzene rings is 2. The standard InChI is InChI=1S/C20H14ClN3O5S3/c21-12-3-1-11(2-4-12)9-16-19(27)24(20(30)31-16)15-10-17(25)23(18(15)26)13-5-7-14(8-6-13)32(22,28)29/h1-9,15H,10H2,(H2,22,28,29)/b16-9-. The summed E-state index contributed by atoms with van der Waals surface area (Å²) in [4.78, 5) is 40.9. The lowest BCUT2D eigenvalue weighted by Crippen LogP contribution is -2.44. The first-order valence-electron chi connectivity index (χ1n) is 9.08. The van der Waals surface area contributed by atoms with Gasteiger partial charge in [-0.25, -0.2) is 18.5 Å². The molecule has 164 valence electrons. The number of amides is 3. The zero-order valence-corrected chi connectivity index (χ0v) is 19.3. The summed E-state index contributed by atoms with van der Waals surface area (Å²) in [6.45, 7) is 0. The molecule has 0 spiro atoms. The highest BCUT2D eigenvalue weighted by Gasteiger charge is 2.48. The Hall–Kier alpha value is -2.57. The minimum atomic E-state index is -3.92. The van der Waals surface area contributed by atoms with E-state index in [1.54, 1.807) is 30.3 Å². The number of nitrogens with two attached hydrogens (primary N) is 1. The van der Waals surface area contributed by atoms with Gasteiger partial charge in [-0.15, -0.1) is 0 Å². The first-order chi connectivity index (χ1) is 15.1. The average Bonchev–Trinajstić information content (AvgIpc) is 3.17. The van der Waals surface area contributed by atoms with Crippen LogP contribution in [0, 0.1) is 0 Å². The van der Waals surface area contributed by atoms with Crippen LogP contribution < -0.4 is 10.0 Å². The van der Waals surface area contributed by atoms with Crippen molar-refractivity contribution in [3.8, 4) is 0 Å². The molecular formula is C20H14ClN3O5S3. The van der Waals surface area contributed by atoms with Gasteiger partial charge in [0.25, 0.3) is 11.8 Å². The van der Waals surface area contributed by atoms with E-state index >= 15 is 0 Å². The van der Waals surface area contributed by atoms with Crippen LogP contribution in [-0.4, -0.2) is 41.4 Å². The number of halogens is 1. The number of thiocarbonyl (C=S) groups is 1. The molecule has 3 amide bonds. The van der Waals surface area contributed by atoms with Gasteiger partial charge >= 0.3 is 0 Å². The maximum absolute atomic E-state index is 13.0. The lowest BCUT2D eigenvalue weighted by molar-refractivity contribution is -0.129. The Bertz CT molecular complexity index is 1290. The Kier molecular flexibility index (Phi) is 5.94. The topological polar surface area (TPSA) is 118 Å². The van der Waals surface area contributed by atoms with Crippen molar-refractivity contribution >= 4 is 79.4 Å². The second-order valence-electron chi connectivity index (χ2n) is 6.93. The molecule has 0 saturated carbocycles. The number of hydrogen-bond donors (Lipinski definition) is 1. The fourth-order valence-electron chi connectivity index (χ4n) is 3.33. The van der Waals surface area contributed by atoms with Gasteiger partial charge in [0.15, 0.2) is 0 Å². The molecule has 2 aromatic carbocycles. The number of rotatable bonds is 4. The molecule has 1 unspecified atom stereocenters. The Morgan fingerprint density at radius 3 is 2.28 bits per heavy atom. The molecule has 12 heteroatoms. The smallest absolute Gasteiger partial charge is 0.266 e. The molecule has 2 saturated heterocycles. The molecule has 0 aromatic heterocycles. The van der Waals surface area contributed by atoms with Crippen molar-refractivity contribution < 1.29 is 22.8 Å². The van der Waals surface area contributed by atoms with Crippen LogP contribution in [0.1, 0.15) is 12.0 Å². The summed E-state index contributed by atoms with van der Waals surface area (Å²) in [7, 11) is -3.92. The number of carbonyl (C=O) groups excluding carboxylic acids is 3. The van der Waals surface area contributed by atoms with Crippen molar-refractivity contribution in [3.63, 3.8) is 0 Å². The summed E-state index contributed by atoms with van der Waals surface area (Å²) in [6.07, 6.45) is 1.40. The quantitative estimate of drug-likeness (QED) is 0.384. The summed E-state index contributed by atoms with van der Waals surface area (Å²) in [5, 5.41) is 5.64. The molecule has 2 aromatic rings. The molecule has 2 aliphatic heterocycles. The van der Waals surface area contributed by atoms with Crippen molar-refractivity contribution in [1.82, 2.24) is 4.90 Å². The van der Waals surface area contributed by atoms with E-state index < -0.39 is 33.8 Å². The normalized spacial score (nSPS) is 20.7. The number of anilines is 1. The van der Waals surface area contributed by atoms with Crippen molar-refractivity contribution in [1.29, 1.82) is 0 Å². The molecule has 2 N–H and O–H groups in total. The number of sulfonamides is 1. The summed E-state index contributed by atoms with van der Waals surface area (Å²) in [5.41, 5.74) is 0.914. The van der Waals surface area contributed by atoms with Crippen LogP contribution in [0.25, 0.3) is 6.08 Å². The van der Waals surface area contributed by atoms with Gasteiger partial charge < -0.3 is 0 Å². The van der Waals surface area contributed by atoms with E-state index in [9.17, 15) is 22.8 Å². The number of hydrogen-bond acceptors (Lipinski definition) is 7. The number of carbonyl (C=O) groups is 3.